The van der Waals surface area contributed by atoms with Crippen LogP contribution < -0.4 is 4.90 Å². The highest BCUT2D eigenvalue weighted by atomic mass is 19.1. The van der Waals surface area contributed by atoms with E-state index in [1.807, 2.05) is 0 Å². The van der Waals surface area contributed by atoms with Crippen LogP contribution in [-0.4, -0.2) is 13.1 Å². The lowest BCUT2D eigenvalue weighted by Crippen LogP contribution is -2.24. The van der Waals surface area contributed by atoms with Gasteiger partial charge >= 0.3 is 0 Å². The smallest absolute Gasteiger partial charge is 0.150 e. The molecule has 1 rings (SSSR count). The molecule has 1 aromatic carbocycles. The van der Waals surface area contributed by atoms with Crippen molar-refractivity contribution in [3.05, 3.63) is 42.0 Å². The Bertz CT molecular complexity index is 412. The molecule has 0 bridgehead atoms. The third-order valence-corrected chi connectivity index (χ3v) is 2.19. The van der Waals surface area contributed by atoms with E-state index in [1.54, 1.807) is 19.1 Å². The molecule has 0 N–H and O–H groups in total. The van der Waals surface area contributed by atoms with Gasteiger partial charge in [-0.25, -0.2) is 8.78 Å². The minimum atomic E-state index is -0.722. The normalized spacial score (nSPS) is 9.62. The summed E-state index contributed by atoms with van der Waals surface area (Å²) in [5.41, 5.74) is -0.130. The molecule has 0 saturated carbocycles. The molecule has 16 heavy (non-hydrogen) atoms. The fourth-order valence-corrected chi connectivity index (χ4v) is 1.47. The minimum Gasteiger partial charge on any atom is -0.363 e. The van der Waals surface area contributed by atoms with Crippen molar-refractivity contribution in [2.75, 3.05) is 18.0 Å². The Morgan fingerprint density at radius 2 is 2.00 bits per heavy atom. The SMILES string of the molecule is C=CCN(CC)c1c(F)cc(C#N)cc1F. The average molecular weight is 222 g/mol. The van der Waals surface area contributed by atoms with Gasteiger partial charge in [0.1, 0.15) is 5.69 Å². The van der Waals surface area contributed by atoms with Gasteiger partial charge in [0.15, 0.2) is 11.6 Å². The van der Waals surface area contributed by atoms with Crippen molar-refractivity contribution in [3.8, 4) is 6.07 Å². The Balaban J connectivity index is 3.23. The van der Waals surface area contributed by atoms with Gasteiger partial charge < -0.3 is 4.90 Å². The maximum Gasteiger partial charge on any atom is 0.150 e. The van der Waals surface area contributed by atoms with E-state index in [1.165, 1.54) is 4.90 Å². The van der Waals surface area contributed by atoms with Crippen LogP contribution in [0.5, 0.6) is 0 Å². The highest BCUT2D eigenvalue weighted by Gasteiger charge is 2.15. The van der Waals surface area contributed by atoms with Gasteiger partial charge in [-0.3, -0.25) is 0 Å². The highest BCUT2D eigenvalue weighted by Crippen LogP contribution is 2.24. The molecule has 0 radical (unpaired) electrons. The lowest BCUT2D eigenvalue weighted by atomic mass is 10.2. The van der Waals surface area contributed by atoms with Crippen LogP contribution in [0.3, 0.4) is 0 Å². The number of nitriles is 1. The largest absolute Gasteiger partial charge is 0.363 e. The molecule has 0 unspecified atom stereocenters. The summed E-state index contributed by atoms with van der Waals surface area (Å²) in [6.07, 6.45) is 1.57. The van der Waals surface area contributed by atoms with Crippen LogP contribution in [0.15, 0.2) is 24.8 Å². The Morgan fingerprint density at radius 1 is 1.44 bits per heavy atom. The maximum atomic E-state index is 13.6. The molecule has 0 heterocycles. The van der Waals surface area contributed by atoms with Gasteiger partial charge in [-0.1, -0.05) is 6.08 Å². The van der Waals surface area contributed by atoms with Crippen molar-refractivity contribution in [3.63, 3.8) is 0 Å². The van der Waals surface area contributed by atoms with Crippen LogP contribution in [0, 0.1) is 23.0 Å². The summed E-state index contributed by atoms with van der Waals surface area (Å²) in [6, 6.07) is 3.77. The first-order chi connectivity index (χ1) is 7.63. The summed E-state index contributed by atoms with van der Waals surface area (Å²) in [7, 11) is 0. The number of nitrogens with zero attached hydrogens (tertiary/aromatic N) is 2. The van der Waals surface area contributed by atoms with Gasteiger partial charge in [-0.05, 0) is 19.1 Å². The second kappa shape index (κ2) is 5.26. The quantitative estimate of drug-likeness (QED) is 0.732. The van der Waals surface area contributed by atoms with Crippen molar-refractivity contribution in [2.24, 2.45) is 0 Å². The van der Waals surface area contributed by atoms with Gasteiger partial charge in [0.05, 0.1) is 11.6 Å². The first-order valence-electron chi connectivity index (χ1n) is 4.89. The predicted octanol–water partition coefficient (Wildman–Crippen LogP) is 2.85. The Labute approximate surface area is 93.4 Å². The van der Waals surface area contributed by atoms with E-state index in [0.29, 0.717) is 13.1 Å². The number of anilines is 1. The van der Waals surface area contributed by atoms with Crippen LogP contribution >= 0.6 is 0 Å². The molecule has 0 amide bonds. The molecule has 0 aliphatic heterocycles. The molecular weight excluding hydrogens is 210 g/mol. The van der Waals surface area contributed by atoms with E-state index < -0.39 is 11.6 Å². The van der Waals surface area contributed by atoms with Crippen LogP contribution in [-0.2, 0) is 0 Å². The molecule has 0 atom stereocenters. The van der Waals surface area contributed by atoms with Gasteiger partial charge in [0.25, 0.3) is 0 Å². The summed E-state index contributed by atoms with van der Waals surface area (Å²) in [6.45, 7) is 6.14. The lowest BCUT2D eigenvalue weighted by Gasteiger charge is -2.22. The fraction of sp³-hybridized carbons (Fsp3) is 0.250. The number of likely N-dealkylation sites (N-methyl/N-ethyl adjacent to an activating group) is 1. The summed E-state index contributed by atoms with van der Waals surface area (Å²) >= 11 is 0. The van der Waals surface area contributed by atoms with Crippen LogP contribution in [0.2, 0.25) is 0 Å². The van der Waals surface area contributed by atoms with Crippen molar-refractivity contribution in [1.82, 2.24) is 0 Å². The zero-order valence-corrected chi connectivity index (χ0v) is 9.00. The molecule has 0 saturated heterocycles. The Morgan fingerprint density at radius 3 is 2.38 bits per heavy atom. The maximum absolute atomic E-state index is 13.6. The van der Waals surface area contributed by atoms with E-state index in [2.05, 4.69) is 6.58 Å². The first-order valence-corrected chi connectivity index (χ1v) is 4.89. The molecule has 0 aliphatic rings. The number of benzene rings is 1. The van der Waals surface area contributed by atoms with Gasteiger partial charge in [-0.15, -0.1) is 6.58 Å². The summed E-state index contributed by atoms with van der Waals surface area (Å²) < 4.78 is 27.2. The summed E-state index contributed by atoms with van der Waals surface area (Å²) in [5, 5.41) is 8.56. The molecule has 84 valence electrons. The molecule has 0 aliphatic carbocycles. The molecule has 0 aromatic heterocycles. The van der Waals surface area contributed by atoms with E-state index in [0.717, 1.165) is 12.1 Å². The predicted molar refractivity (Wildman–Crippen MR) is 59.2 cm³/mol. The van der Waals surface area contributed by atoms with Crippen molar-refractivity contribution in [2.45, 2.75) is 6.92 Å². The first kappa shape index (κ1) is 12.2. The topological polar surface area (TPSA) is 27.0 Å². The van der Waals surface area contributed by atoms with E-state index in [9.17, 15) is 8.78 Å². The van der Waals surface area contributed by atoms with Crippen molar-refractivity contribution < 1.29 is 8.78 Å². The zero-order valence-electron chi connectivity index (χ0n) is 9.00. The van der Waals surface area contributed by atoms with E-state index >= 15 is 0 Å². The van der Waals surface area contributed by atoms with Crippen molar-refractivity contribution >= 4 is 5.69 Å². The van der Waals surface area contributed by atoms with Crippen LogP contribution in [0.1, 0.15) is 12.5 Å². The Kier molecular flexibility index (Phi) is 4.01. The fourth-order valence-electron chi connectivity index (χ4n) is 1.47. The number of hydrogen-bond donors (Lipinski definition) is 0. The van der Waals surface area contributed by atoms with Crippen molar-refractivity contribution in [1.29, 1.82) is 5.26 Å². The summed E-state index contributed by atoms with van der Waals surface area (Å²) in [4.78, 5) is 1.51. The minimum absolute atomic E-state index is 0.0200. The monoisotopic (exact) mass is 222 g/mol. The third kappa shape index (κ3) is 2.37. The van der Waals surface area contributed by atoms with E-state index in [4.69, 9.17) is 5.26 Å². The van der Waals surface area contributed by atoms with Gasteiger partial charge in [-0.2, -0.15) is 5.26 Å². The number of rotatable bonds is 4. The third-order valence-electron chi connectivity index (χ3n) is 2.19. The van der Waals surface area contributed by atoms with Crippen LogP contribution in [0.25, 0.3) is 0 Å². The second-order valence-corrected chi connectivity index (χ2v) is 3.23. The van der Waals surface area contributed by atoms with Gasteiger partial charge in [0.2, 0.25) is 0 Å². The molecule has 4 heteroatoms. The molecule has 0 fully saturated rings. The summed E-state index contributed by atoms with van der Waals surface area (Å²) in [5.74, 6) is -1.44. The van der Waals surface area contributed by atoms with E-state index in [-0.39, 0.29) is 11.3 Å². The average Bonchev–Trinajstić information content (AvgIpc) is 2.26. The molecular formula is C12H12F2N2. The zero-order chi connectivity index (χ0) is 12.1. The van der Waals surface area contributed by atoms with Crippen LogP contribution in [0.4, 0.5) is 14.5 Å². The van der Waals surface area contributed by atoms with Gasteiger partial charge in [0, 0.05) is 13.1 Å². The standard InChI is InChI=1S/C12H12F2N2/c1-3-5-16(4-2)12-10(13)6-9(8-15)7-11(12)14/h3,6-7H,1,4-5H2,2H3. The highest BCUT2D eigenvalue weighted by molar-refractivity contribution is 5.52. The Hall–Kier alpha value is -1.89. The molecule has 1 aromatic rings. The number of hydrogen-bond acceptors (Lipinski definition) is 2. The number of halogens is 2. The second-order valence-electron chi connectivity index (χ2n) is 3.23. The lowest BCUT2D eigenvalue weighted by molar-refractivity contribution is 0.575. The molecule has 2 nitrogen and oxygen atoms in total. The molecule has 0 spiro atoms.